The van der Waals surface area contributed by atoms with Crippen molar-refractivity contribution in [1.82, 2.24) is 5.32 Å². The number of carbonyl (C=O) groups is 1. The first-order chi connectivity index (χ1) is 8.71. The molecule has 1 aromatic carbocycles. The molecule has 0 aromatic heterocycles. The van der Waals surface area contributed by atoms with Gasteiger partial charge in [0, 0.05) is 16.6 Å². The van der Waals surface area contributed by atoms with Crippen LogP contribution in [0.1, 0.15) is 5.56 Å². The Bertz CT molecular complexity index is 469. The number of nitrogens with one attached hydrogen (secondary N) is 1. The maximum atomic E-state index is 10.9. The van der Waals surface area contributed by atoms with Crippen LogP contribution in [0.4, 0.5) is 4.79 Å². The lowest BCUT2D eigenvalue weighted by Gasteiger charge is -2.09. The number of urea groups is 1. The number of hydrogen-bond donors (Lipinski definition) is 1. The van der Waals surface area contributed by atoms with Crippen LogP contribution in [0.15, 0.2) is 23.3 Å². The Morgan fingerprint density at radius 2 is 2.11 bits per heavy atom. The molecule has 0 bridgehead atoms. The third-order valence-electron chi connectivity index (χ3n) is 2.27. The van der Waals surface area contributed by atoms with Crippen molar-refractivity contribution in [2.75, 3.05) is 20.8 Å². The van der Waals surface area contributed by atoms with Crippen molar-refractivity contribution in [2.24, 2.45) is 5.11 Å². The minimum Gasteiger partial charge on any atom is -0.493 e. The number of benzene rings is 1. The van der Waals surface area contributed by atoms with Gasteiger partial charge in [-0.25, -0.2) is 0 Å². The third-order valence-corrected chi connectivity index (χ3v) is 2.27. The molecule has 1 aromatic rings. The van der Waals surface area contributed by atoms with Crippen LogP contribution in [0.25, 0.3) is 10.4 Å². The Labute approximate surface area is 104 Å². The molecule has 0 heterocycles. The van der Waals surface area contributed by atoms with Gasteiger partial charge in [-0.3, -0.25) is 4.79 Å². The first kappa shape index (κ1) is 13.7. The Kier molecular flexibility index (Phi) is 5.34. The highest BCUT2D eigenvalue weighted by Crippen LogP contribution is 2.27. The van der Waals surface area contributed by atoms with Gasteiger partial charge in [-0.15, -0.1) is 0 Å². The molecule has 2 amide bonds. The quantitative estimate of drug-likeness (QED) is 0.493. The van der Waals surface area contributed by atoms with Gasteiger partial charge in [0.05, 0.1) is 14.2 Å². The second-order valence-corrected chi connectivity index (χ2v) is 3.36. The summed E-state index contributed by atoms with van der Waals surface area (Å²) in [5, 5.41) is 5.37. The van der Waals surface area contributed by atoms with Crippen LogP contribution in [0.3, 0.4) is 0 Å². The zero-order valence-corrected chi connectivity index (χ0v) is 10.2. The maximum absolute atomic E-state index is 10.9. The number of ether oxygens (including phenoxy) is 2. The standard InChI is InChI=1S/C11H14N4O3/c1-17-9-4-3-8(7-10(9)18-2)5-6-13-11(16)14-15-12/h3-4,7H,5-6H2,1-2H3,(H,13,16). The summed E-state index contributed by atoms with van der Waals surface area (Å²) in [4.78, 5) is 13.3. The largest absolute Gasteiger partial charge is 0.493 e. The molecule has 7 nitrogen and oxygen atoms in total. The Hall–Kier alpha value is -2.40. The van der Waals surface area contributed by atoms with Crippen molar-refractivity contribution < 1.29 is 14.3 Å². The van der Waals surface area contributed by atoms with Gasteiger partial charge >= 0.3 is 6.03 Å². The lowest BCUT2D eigenvalue weighted by molar-refractivity contribution is 0.249. The van der Waals surface area contributed by atoms with E-state index in [0.717, 1.165) is 5.56 Å². The second-order valence-electron chi connectivity index (χ2n) is 3.36. The van der Waals surface area contributed by atoms with Crippen LogP contribution in [-0.2, 0) is 6.42 Å². The van der Waals surface area contributed by atoms with E-state index in [-0.39, 0.29) is 0 Å². The zero-order valence-electron chi connectivity index (χ0n) is 10.2. The van der Waals surface area contributed by atoms with Crippen molar-refractivity contribution >= 4 is 6.03 Å². The van der Waals surface area contributed by atoms with E-state index in [1.54, 1.807) is 20.3 Å². The molecule has 0 atom stereocenters. The summed E-state index contributed by atoms with van der Waals surface area (Å²) in [5.74, 6) is 1.29. The molecule has 0 fully saturated rings. The van der Waals surface area contributed by atoms with Gasteiger partial charge in [-0.1, -0.05) is 6.07 Å². The lowest BCUT2D eigenvalue weighted by atomic mass is 10.1. The number of carbonyl (C=O) groups excluding carboxylic acids is 1. The van der Waals surface area contributed by atoms with Crippen LogP contribution in [0.5, 0.6) is 11.5 Å². The van der Waals surface area contributed by atoms with Crippen LogP contribution in [-0.4, -0.2) is 26.8 Å². The van der Waals surface area contributed by atoms with Gasteiger partial charge in [0.2, 0.25) is 0 Å². The van der Waals surface area contributed by atoms with Crippen LogP contribution < -0.4 is 14.8 Å². The fourth-order valence-electron chi connectivity index (χ4n) is 1.43. The molecule has 0 radical (unpaired) electrons. The van der Waals surface area contributed by atoms with Crippen molar-refractivity contribution in [1.29, 1.82) is 0 Å². The van der Waals surface area contributed by atoms with Gasteiger partial charge in [-0.2, -0.15) is 0 Å². The van der Waals surface area contributed by atoms with Crippen LogP contribution >= 0.6 is 0 Å². The number of hydrogen-bond acceptors (Lipinski definition) is 3. The van der Waals surface area contributed by atoms with E-state index in [2.05, 4.69) is 15.3 Å². The second kappa shape index (κ2) is 7.03. The fourth-order valence-corrected chi connectivity index (χ4v) is 1.43. The zero-order chi connectivity index (χ0) is 13.4. The normalized spacial score (nSPS) is 9.22. The van der Waals surface area contributed by atoms with Gasteiger partial charge in [0.1, 0.15) is 0 Å². The van der Waals surface area contributed by atoms with E-state index in [1.807, 2.05) is 12.1 Å². The average molecular weight is 250 g/mol. The molecule has 0 saturated carbocycles. The Balaban J connectivity index is 2.57. The van der Waals surface area contributed by atoms with Crippen molar-refractivity contribution in [2.45, 2.75) is 6.42 Å². The molecule has 7 heteroatoms. The fraction of sp³-hybridized carbons (Fsp3) is 0.364. The lowest BCUT2D eigenvalue weighted by Crippen LogP contribution is -2.21. The third kappa shape index (κ3) is 3.88. The van der Waals surface area contributed by atoms with Crippen molar-refractivity contribution in [3.63, 3.8) is 0 Å². The number of methoxy groups -OCH3 is 2. The van der Waals surface area contributed by atoms with E-state index < -0.39 is 6.03 Å². The molecule has 0 aliphatic heterocycles. The monoisotopic (exact) mass is 250 g/mol. The average Bonchev–Trinajstić information content (AvgIpc) is 2.38. The first-order valence-corrected chi connectivity index (χ1v) is 5.25. The number of nitrogens with zero attached hydrogens (tertiary/aromatic N) is 3. The highest BCUT2D eigenvalue weighted by molar-refractivity contribution is 5.74. The molecule has 0 aliphatic rings. The summed E-state index contributed by atoms with van der Waals surface area (Å²) in [7, 11) is 3.13. The minimum absolute atomic E-state index is 0.382. The summed E-state index contributed by atoms with van der Waals surface area (Å²) in [6, 6.07) is 4.82. The highest BCUT2D eigenvalue weighted by atomic mass is 16.5. The summed E-state index contributed by atoms with van der Waals surface area (Å²) in [6.45, 7) is 0.382. The predicted octanol–water partition coefficient (Wildman–Crippen LogP) is 2.27. The molecule has 0 aliphatic carbocycles. The van der Waals surface area contributed by atoms with E-state index in [9.17, 15) is 4.79 Å². The summed E-state index contributed by atoms with van der Waals surface area (Å²) in [5.41, 5.74) is 9.03. The SMILES string of the molecule is COc1ccc(CCNC(=O)N=[N+]=[N-])cc1OC. The molecular weight excluding hydrogens is 236 g/mol. The van der Waals surface area contributed by atoms with Crippen LogP contribution in [0, 0.1) is 0 Å². The maximum Gasteiger partial charge on any atom is 0.308 e. The Morgan fingerprint density at radius 3 is 2.72 bits per heavy atom. The molecular formula is C11H14N4O3. The Morgan fingerprint density at radius 1 is 1.39 bits per heavy atom. The smallest absolute Gasteiger partial charge is 0.308 e. The summed E-state index contributed by atoms with van der Waals surface area (Å²) >= 11 is 0. The van der Waals surface area contributed by atoms with E-state index in [0.29, 0.717) is 24.5 Å². The van der Waals surface area contributed by atoms with Gasteiger partial charge in [0.25, 0.3) is 0 Å². The summed E-state index contributed by atoms with van der Waals surface area (Å²) in [6.07, 6.45) is 0.604. The predicted molar refractivity (Wildman–Crippen MR) is 65.8 cm³/mol. The van der Waals surface area contributed by atoms with Crippen molar-refractivity contribution in [3.05, 3.63) is 34.2 Å². The molecule has 0 unspecified atom stereocenters. The molecule has 1 N–H and O–H groups in total. The highest BCUT2D eigenvalue weighted by Gasteiger charge is 2.04. The van der Waals surface area contributed by atoms with E-state index >= 15 is 0 Å². The minimum atomic E-state index is -0.682. The molecule has 96 valence electrons. The van der Waals surface area contributed by atoms with Gasteiger partial charge in [-0.05, 0) is 29.6 Å². The molecule has 0 spiro atoms. The molecule has 1 rings (SSSR count). The van der Waals surface area contributed by atoms with Crippen LogP contribution in [0.2, 0.25) is 0 Å². The van der Waals surface area contributed by atoms with Gasteiger partial charge in [0.15, 0.2) is 11.5 Å². The molecule has 18 heavy (non-hydrogen) atoms. The van der Waals surface area contributed by atoms with Gasteiger partial charge < -0.3 is 14.8 Å². The number of amides is 2. The first-order valence-electron chi connectivity index (χ1n) is 5.25. The van der Waals surface area contributed by atoms with E-state index in [4.69, 9.17) is 15.0 Å². The topological polar surface area (TPSA) is 96.3 Å². The number of azide groups is 1. The summed E-state index contributed by atoms with van der Waals surface area (Å²) < 4.78 is 10.3. The van der Waals surface area contributed by atoms with E-state index in [1.165, 1.54) is 0 Å². The van der Waals surface area contributed by atoms with Crippen molar-refractivity contribution in [3.8, 4) is 11.5 Å². The molecule has 0 saturated heterocycles. The number of rotatable bonds is 5.